The molecule has 1 aromatic carbocycles. The van der Waals surface area contributed by atoms with Gasteiger partial charge >= 0.3 is 0 Å². The van der Waals surface area contributed by atoms with Gasteiger partial charge in [0, 0.05) is 29.5 Å². The van der Waals surface area contributed by atoms with Crippen molar-refractivity contribution in [2.24, 2.45) is 5.73 Å². The van der Waals surface area contributed by atoms with Crippen molar-refractivity contribution in [3.05, 3.63) is 71.4 Å². The van der Waals surface area contributed by atoms with Gasteiger partial charge in [0.1, 0.15) is 0 Å². The van der Waals surface area contributed by atoms with Crippen LogP contribution in [-0.4, -0.2) is 34.7 Å². The zero-order valence-corrected chi connectivity index (χ0v) is 20.4. The van der Waals surface area contributed by atoms with Crippen molar-refractivity contribution in [2.45, 2.75) is 50.9 Å². The molecule has 3 heterocycles. The minimum absolute atomic E-state index is 0.273. The highest BCUT2D eigenvalue weighted by atomic mass is 32.1. The lowest BCUT2D eigenvalue weighted by Gasteiger charge is -2.35. The monoisotopic (exact) mass is 480 g/mol. The number of thiophene rings is 1. The van der Waals surface area contributed by atoms with Crippen LogP contribution in [0.25, 0.3) is 10.4 Å². The molecule has 180 valence electrons. The number of aromatic nitrogens is 2. The molecule has 0 unspecified atom stereocenters. The molecule has 2 aliphatic rings. The molecule has 0 bridgehead atoms. The molecule has 1 saturated carbocycles. The summed E-state index contributed by atoms with van der Waals surface area (Å²) in [4.78, 5) is 14.1. The van der Waals surface area contributed by atoms with Crippen LogP contribution in [0.3, 0.4) is 0 Å². The van der Waals surface area contributed by atoms with Crippen molar-refractivity contribution in [3.8, 4) is 10.4 Å². The van der Waals surface area contributed by atoms with Gasteiger partial charge in [-0.05, 0) is 31.2 Å². The van der Waals surface area contributed by atoms with E-state index >= 15 is 0 Å². The average Bonchev–Trinajstić information content (AvgIpc) is 3.55. The highest BCUT2D eigenvalue weighted by Crippen LogP contribution is 2.49. The minimum Gasteiger partial charge on any atom is -0.397 e. The number of amides is 1. The number of hydrogen-bond donors (Lipinski definition) is 2. The van der Waals surface area contributed by atoms with Crippen LogP contribution in [0, 0.1) is 0 Å². The van der Waals surface area contributed by atoms with Gasteiger partial charge in [-0.3, -0.25) is 9.48 Å². The van der Waals surface area contributed by atoms with Gasteiger partial charge in [-0.2, -0.15) is 5.10 Å². The van der Waals surface area contributed by atoms with Crippen LogP contribution in [0.4, 0.5) is 5.69 Å². The van der Waals surface area contributed by atoms with E-state index < -0.39 is 11.7 Å². The standard InChI is InChI=1S/C23H26N4O3S.C3H6/c24-19-18(22(25)28)20(17-12-26-27(14-17)13-15-4-2-1-3-5-15)31-21(19)16-6-8-23(9-7-16)29-10-11-30-23;1-3-2/h1-5,12,14,16H,6-11,13,24H2,(H2,25,28);3H,1H2,2H3. The molecule has 4 N–H and O–H groups in total. The van der Waals surface area contributed by atoms with Gasteiger partial charge in [-0.1, -0.05) is 36.4 Å². The fourth-order valence-corrected chi connectivity index (χ4v) is 6.03. The Morgan fingerprint density at radius 2 is 1.91 bits per heavy atom. The van der Waals surface area contributed by atoms with Gasteiger partial charge in [0.2, 0.25) is 0 Å². The maximum absolute atomic E-state index is 12.3. The molecule has 1 spiro atoms. The van der Waals surface area contributed by atoms with Crippen LogP contribution in [0.1, 0.15) is 59.3 Å². The summed E-state index contributed by atoms with van der Waals surface area (Å²) in [5.74, 6) is -0.647. The smallest absolute Gasteiger partial charge is 0.252 e. The Balaban J connectivity index is 0.000000868. The van der Waals surface area contributed by atoms with E-state index in [0.717, 1.165) is 46.6 Å². The number of nitrogens with zero attached hydrogens (tertiary/aromatic N) is 2. The van der Waals surface area contributed by atoms with Crippen molar-refractivity contribution < 1.29 is 14.3 Å². The minimum atomic E-state index is -0.499. The summed E-state index contributed by atoms with van der Waals surface area (Å²) >= 11 is 1.56. The lowest BCUT2D eigenvalue weighted by molar-refractivity contribution is -0.178. The number of hydrogen-bond acceptors (Lipinski definition) is 6. The van der Waals surface area contributed by atoms with Crippen molar-refractivity contribution >= 4 is 22.9 Å². The first-order chi connectivity index (χ1) is 16.5. The lowest BCUT2D eigenvalue weighted by Crippen LogP contribution is -2.34. The van der Waals surface area contributed by atoms with E-state index in [2.05, 4.69) is 23.8 Å². The second-order valence-electron chi connectivity index (χ2n) is 8.65. The fraction of sp³-hybridized carbons (Fsp3) is 0.385. The maximum atomic E-state index is 12.3. The van der Waals surface area contributed by atoms with E-state index in [1.165, 1.54) is 0 Å². The first-order valence-electron chi connectivity index (χ1n) is 11.6. The predicted molar refractivity (Wildman–Crippen MR) is 136 cm³/mol. The second-order valence-corrected chi connectivity index (χ2v) is 9.70. The number of nitrogen functional groups attached to an aromatic ring is 1. The lowest BCUT2D eigenvalue weighted by atomic mass is 9.83. The van der Waals surface area contributed by atoms with E-state index in [-0.39, 0.29) is 5.92 Å². The number of benzene rings is 1. The third-order valence-electron chi connectivity index (χ3n) is 6.23. The summed E-state index contributed by atoms with van der Waals surface area (Å²) in [5.41, 5.74) is 15.2. The zero-order chi connectivity index (χ0) is 24.1. The highest BCUT2D eigenvalue weighted by Gasteiger charge is 2.41. The topological polar surface area (TPSA) is 105 Å². The molecule has 0 atom stereocenters. The molecule has 0 radical (unpaired) electrons. The largest absolute Gasteiger partial charge is 0.397 e. The van der Waals surface area contributed by atoms with Crippen LogP contribution in [-0.2, 0) is 16.0 Å². The SMILES string of the molecule is C=CC.NC(=O)c1c(-c2cnn(Cc3ccccc3)c2)sc(C2CCC3(CC2)OCCO3)c1N. The van der Waals surface area contributed by atoms with Crippen LogP contribution < -0.4 is 11.5 Å². The van der Waals surface area contributed by atoms with Gasteiger partial charge < -0.3 is 20.9 Å². The van der Waals surface area contributed by atoms with Crippen molar-refractivity contribution in [3.63, 3.8) is 0 Å². The number of nitrogens with two attached hydrogens (primary N) is 2. The molecule has 5 rings (SSSR count). The maximum Gasteiger partial charge on any atom is 0.252 e. The molecule has 1 saturated heterocycles. The Morgan fingerprint density at radius 1 is 1.26 bits per heavy atom. The molecule has 1 aliphatic heterocycles. The summed E-state index contributed by atoms with van der Waals surface area (Å²) in [6.45, 7) is 7.23. The quantitative estimate of drug-likeness (QED) is 0.504. The number of allylic oxidation sites excluding steroid dienone is 1. The predicted octanol–water partition coefficient (Wildman–Crippen LogP) is 4.93. The summed E-state index contributed by atoms with van der Waals surface area (Å²) in [5, 5.41) is 4.49. The average molecular weight is 481 g/mol. The molecule has 3 aromatic rings. The van der Waals surface area contributed by atoms with E-state index in [0.29, 0.717) is 31.0 Å². The third kappa shape index (κ3) is 5.09. The summed E-state index contributed by atoms with van der Waals surface area (Å²) in [6.07, 6.45) is 8.98. The Bertz CT molecular complexity index is 1120. The van der Waals surface area contributed by atoms with Crippen LogP contribution >= 0.6 is 11.3 Å². The normalized spacial score (nSPS) is 17.3. The summed E-state index contributed by atoms with van der Waals surface area (Å²) < 4.78 is 13.6. The molecule has 34 heavy (non-hydrogen) atoms. The highest BCUT2D eigenvalue weighted by molar-refractivity contribution is 7.16. The van der Waals surface area contributed by atoms with E-state index in [4.69, 9.17) is 20.9 Å². The third-order valence-corrected chi connectivity index (χ3v) is 7.65. The molecule has 2 aromatic heterocycles. The second kappa shape index (κ2) is 10.5. The fourth-order valence-electron chi connectivity index (χ4n) is 4.66. The van der Waals surface area contributed by atoms with Crippen molar-refractivity contribution in [1.29, 1.82) is 0 Å². The summed E-state index contributed by atoms with van der Waals surface area (Å²) in [6, 6.07) is 10.1. The van der Waals surface area contributed by atoms with Gasteiger partial charge in [0.05, 0.1) is 42.1 Å². The molecule has 7 nitrogen and oxygen atoms in total. The first kappa shape index (κ1) is 24.2. The van der Waals surface area contributed by atoms with Crippen molar-refractivity contribution in [2.75, 3.05) is 18.9 Å². The Hall–Kier alpha value is -2.94. The Kier molecular flexibility index (Phi) is 7.50. The number of anilines is 1. The Morgan fingerprint density at radius 3 is 2.53 bits per heavy atom. The summed E-state index contributed by atoms with van der Waals surface area (Å²) in [7, 11) is 0. The number of primary amides is 1. The van der Waals surface area contributed by atoms with E-state index in [1.807, 2.05) is 36.0 Å². The van der Waals surface area contributed by atoms with Gasteiger partial charge in [0.15, 0.2) is 5.79 Å². The molecule has 2 fully saturated rings. The molecule has 1 aliphatic carbocycles. The van der Waals surface area contributed by atoms with E-state index in [9.17, 15) is 4.79 Å². The molecular weight excluding hydrogens is 448 g/mol. The number of carbonyl (C=O) groups excluding carboxylic acids is 1. The number of ether oxygens (including phenoxy) is 2. The molecular formula is C26H32N4O3S. The zero-order valence-electron chi connectivity index (χ0n) is 19.5. The van der Waals surface area contributed by atoms with Gasteiger partial charge in [0.25, 0.3) is 5.91 Å². The van der Waals surface area contributed by atoms with Crippen molar-refractivity contribution in [1.82, 2.24) is 9.78 Å². The van der Waals surface area contributed by atoms with Crippen LogP contribution in [0.2, 0.25) is 0 Å². The van der Waals surface area contributed by atoms with Crippen LogP contribution in [0.15, 0.2) is 55.4 Å². The first-order valence-corrected chi connectivity index (χ1v) is 12.4. The molecule has 1 amide bonds. The van der Waals surface area contributed by atoms with E-state index in [1.54, 1.807) is 23.6 Å². The van der Waals surface area contributed by atoms with Gasteiger partial charge in [-0.15, -0.1) is 17.9 Å². The number of rotatable bonds is 5. The number of carbonyl (C=O) groups is 1. The Labute approximate surface area is 204 Å². The van der Waals surface area contributed by atoms with Gasteiger partial charge in [-0.25, -0.2) is 0 Å². The molecule has 8 heteroatoms. The van der Waals surface area contributed by atoms with Crippen LogP contribution in [0.5, 0.6) is 0 Å².